The van der Waals surface area contributed by atoms with Crippen LogP contribution in [0.25, 0.3) is 0 Å². The molecule has 0 radical (unpaired) electrons. The van der Waals surface area contributed by atoms with Gasteiger partial charge in [-0.05, 0) is 36.8 Å². The van der Waals surface area contributed by atoms with Crippen molar-refractivity contribution in [3.63, 3.8) is 0 Å². The topological polar surface area (TPSA) is 92.5 Å². The fourth-order valence-electron chi connectivity index (χ4n) is 1.82. The number of nitrogens with zero attached hydrogens (tertiary/aromatic N) is 1. The summed E-state index contributed by atoms with van der Waals surface area (Å²) in [4.78, 5) is 22.5. The van der Waals surface area contributed by atoms with Gasteiger partial charge in [0.1, 0.15) is 11.4 Å². The van der Waals surface area contributed by atoms with Crippen LogP contribution in [-0.4, -0.2) is 15.9 Å². The smallest absolute Gasteiger partial charge is 0.296 e. The van der Waals surface area contributed by atoms with E-state index in [1.807, 2.05) is 0 Å². The predicted molar refractivity (Wildman–Crippen MR) is 81.6 cm³/mol. The SMILES string of the molecule is Cc1c(Br)cccc1C(=O)Nc1ccc(O)cc1[N+](=O)[O-]. The van der Waals surface area contributed by atoms with Gasteiger partial charge in [0.05, 0.1) is 11.0 Å². The molecule has 0 atom stereocenters. The minimum atomic E-state index is -0.664. The molecular formula is C14H11BrN2O4. The Morgan fingerprint density at radius 1 is 1.33 bits per heavy atom. The van der Waals surface area contributed by atoms with Crippen LogP contribution in [0, 0.1) is 17.0 Å². The van der Waals surface area contributed by atoms with E-state index in [-0.39, 0.29) is 17.1 Å². The summed E-state index contributed by atoms with van der Waals surface area (Å²) >= 11 is 3.33. The number of hydrogen-bond acceptors (Lipinski definition) is 4. The average Bonchev–Trinajstić information content (AvgIpc) is 2.43. The molecule has 2 aromatic carbocycles. The molecular weight excluding hydrogens is 340 g/mol. The van der Waals surface area contributed by atoms with Gasteiger partial charge in [-0.3, -0.25) is 14.9 Å². The van der Waals surface area contributed by atoms with Crippen molar-refractivity contribution in [3.8, 4) is 5.75 Å². The number of phenolic OH excluding ortho intramolecular Hbond substituents is 1. The first-order valence-corrected chi connectivity index (χ1v) is 6.73. The molecule has 7 heteroatoms. The number of phenols is 1. The van der Waals surface area contributed by atoms with Crippen molar-refractivity contribution in [2.24, 2.45) is 0 Å². The van der Waals surface area contributed by atoms with Crippen molar-refractivity contribution in [1.82, 2.24) is 0 Å². The molecule has 0 spiro atoms. The Morgan fingerprint density at radius 3 is 2.71 bits per heavy atom. The quantitative estimate of drug-likeness (QED) is 0.502. The normalized spacial score (nSPS) is 10.2. The number of rotatable bonds is 3. The lowest BCUT2D eigenvalue weighted by Crippen LogP contribution is -2.14. The molecule has 0 heterocycles. The van der Waals surface area contributed by atoms with Crippen LogP contribution in [0.5, 0.6) is 5.75 Å². The number of benzene rings is 2. The second-order valence-corrected chi connectivity index (χ2v) is 5.18. The summed E-state index contributed by atoms with van der Waals surface area (Å²) in [5, 5.41) is 22.7. The molecule has 0 saturated heterocycles. The highest BCUT2D eigenvalue weighted by atomic mass is 79.9. The van der Waals surface area contributed by atoms with Gasteiger partial charge in [0.2, 0.25) is 0 Å². The van der Waals surface area contributed by atoms with Gasteiger partial charge in [-0.1, -0.05) is 22.0 Å². The molecule has 0 aromatic heterocycles. The van der Waals surface area contributed by atoms with Gasteiger partial charge in [-0.25, -0.2) is 0 Å². The van der Waals surface area contributed by atoms with Crippen molar-refractivity contribution in [2.75, 3.05) is 5.32 Å². The van der Waals surface area contributed by atoms with Gasteiger partial charge in [0.15, 0.2) is 0 Å². The fourth-order valence-corrected chi connectivity index (χ4v) is 2.19. The fraction of sp³-hybridized carbons (Fsp3) is 0.0714. The van der Waals surface area contributed by atoms with Crippen molar-refractivity contribution in [1.29, 1.82) is 0 Å². The zero-order valence-corrected chi connectivity index (χ0v) is 12.5. The highest BCUT2D eigenvalue weighted by Gasteiger charge is 2.18. The third-order valence-electron chi connectivity index (χ3n) is 2.94. The Bertz CT molecular complexity index is 731. The number of carbonyl (C=O) groups is 1. The summed E-state index contributed by atoms with van der Waals surface area (Å²) in [6, 6.07) is 8.69. The van der Waals surface area contributed by atoms with Crippen LogP contribution in [0.4, 0.5) is 11.4 Å². The Kier molecular flexibility index (Phi) is 4.23. The summed E-state index contributed by atoms with van der Waals surface area (Å²) in [6.45, 7) is 1.77. The van der Waals surface area contributed by atoms with E-state index in [1.165, 1.54) is 12.1 Å². The molecule has 21 heavy (non-hydrogen) atoms. The first kappa shape index (κ1) is 15.0. The number of nitrogens with one attached hydrogen (secondary N) is 1. The Labute approximate surface area is 128 Å². The Hall–Kier alpha value is -2.41. The lowest BCUT2D eigenvalue weighted by Gasteiger charge is -2.09. The predicted octanol–water partition coefficient (Wildman–Crippen LogP) is 3.62. The maximum absolute atomic E-state index is 12.2. The van der Waals surface area contributed by atoms with Crippen LogP contribution in [0.15, 0.2) is 40.9 Å². The highest BCUT2D eigenvalue weighted by Crippen LogP contribution is 2.29. The van der Waals surface area contributed by atoms with Crippen LogP contribution in [0.2, 0.25) is 0 Å². The second kappa shape index (κ2) is 5.92. The summed E-state index contributed by atoms with van der Waals surface area (Å²) in [5.74, 6) is -0.694. The molecule has 0 aliphatic heterocycles. The van der Waals surface area contributed by atoms with Gasteiger partial charge in [-0.15, -0.1) is 0 Å². The number of carbonyl (C=O) groups excluding carboxylic acids is 1. The van der Waals surface area contributed by atoms with Crippen LogP contribution >= 0.6 is 15.9 Å². The largest absolute Gasteiger partial charge is 0.508 e. The number of halogens is 1. The van der Waals surface area contributed by atoms with Crippen molar-refractivity contribution >= 4 is 33.2 Å². The molecule has 2 aromatic rings. The van der Waals surface area contributed by atoms with E-state index in [0.717, 1.165) is 16.1 Å². The maximum atomic E-state index is 12.2. The van der Waals surface area contributed by atoms with Crippen LogP contribution in [0.3, 0.4) is 0 Å². The van der Waals surface area contributed by atoms with E-state index in [9.17, 15) is 20.0 Å². The number of anilines is 1. The lowest BCUT2D eigenvalue weighted by molar-refractivity contribution is -0.384. The van der Waals surface area contributed by atoms with Crippen molar-refractivity contribution in [2.45, 2.75) is 6.92 Å². The summed E-state index contributed by atoms with van der Waals surface area (Å²) in [5.41, 5.74) is 0.807. The summed E-state index contributed by atoms with van der Waals surface area (Å²) in [7, 11) is 0. The third-order valence-corrected chi connectivity index (χ3v) is 3.80. The van der Waals surface area contributed by atoms with Crippen LogP contribution in [-0.2, 0) is 0 Å². The van der Waals surface area contributed by atoms with Gasteiger partial charge < -0.3 is 10.4 Å². The molecule has 0 saturated carbocycles. The molecule has 108 valence electrons. The molecule has 6 nitrogen and oxygen atoms in total. The van der Waals surface area contributed by atoms with Gasteiger partial charge in [-0.2, -0.15) is 0 Å². The van der Waals surface area contributed by atoms with Gasteiger partial charge in [0.25, 0.3) is 11.6 Å². The standard InChI is InChI=1S/C14H11BrN2O4/c1-8-10(3-2-4-11(8)15)14(19)16-12-6-5-9(18)7-13(12)17(20)21/h2-7,18H,1H3,(H,16,19). The van der Waals surface area contributed by atoms with E-state index >= 15 is 0 Å². The van der Waals surface area contributed by atoms with Crippen molar-refractivity contribution in [3.05, 3.63) is 62.1 Å². The minimum Gasteiger partial charge on any atom is -0.508 e. The summed E-state index contributed by atoms with van der Waals surface area (Å²) in [6.07, 6.45) is 0. The van der Waals surface area contributed by atoms with E-state index in [4.69, 9.17) is 0 Å². The molecule has 2 rings (SSSR count). The molecule has 0 unspecified atom stereocenters. The molecule has 0 bridgehead atoms. The van der Waals surface area contributed by atoms with E-state index in [0.29, 0.717) is 5.56 Å². The van der Waals surface area contributed by atoms with E-state index in [1.54, 1.807) is 25.1 Å². The van der Waals surface area contributed by atoms with Crippen LogP contribution < -0.4 is 5.32 Å². The van der Waals surface area contributed by atoms with Crippen LogP contribution in [0.1, 0.15) is 15.9 Å². The number of nitro benzene ring substituents is 1. The molecule has 0 fully saturated rings. The van der Waals surface area contributed by atoms with Gasteiger partial charge in [0, 0.05) is 10.0 Å². The monoisotopic (exact) mass is 350 g/mol. The molecule has 0 aliphatic carbocycles. The zero-order valence-electron chi connectivity index (χ0n) is 11.0. The highest BCUT2D eigenvalue weighted by molar-refractivity contribution is 9.10. The lowest BCUT2D eigenvalue weighted by atomic mass is 10.1. The molecule has 1 amide bonds. The third kappa shape index (κ3) is 3.19. The number of hydrogen-bond donors (Lipinski definition) is 2. The Balaban J connectivity index is 2.36. The number of nitro groups is 1. The molecule has 0 aliphatic rings. The van der Waals surface area contributed by atoms with E-state index in [2.05, 4.69) is 21.2 Å². The summed E-state index contributed by atoms with van der Waals surface area (Å²) < 4.78 is 0.773. The van der Waals surface area contributed by atoms with Crippen molar-refractivity contribution < 1.29 is 14.8 Å². The first-order chi connectivity index (χ1) is 9.90. The zero-order chi connectivity index (χ0) is 15.6. The number of aromatic hydroxyl groups is 1. The number of amides is 1. The van der Waals surface area contributed by atoms with E-state index < -0.39 is 10.8 Å². The average molecular weight is 351 g/mol. The Morgan fingerprint density at radius 2 is 2.05 bits per heavy atom. The first-order valence-electron chi connectivity index (χ1n) is 5.94. The second-order valence-electron chi connectivity index (χ2n) is 4.33. The minimum absolute atomic E-state index is 0.0298. The van der Waals surface area contributed by atoms with Gasteiger partial charge >= 0.3 is 0 Å². The molecule has 2 N–H and O–H groups in total. The maximum Gasteiger partial charge on any atom is 0.296 e.